The molecule has 110 valence electrons. The molecule has 0 saturated carbocycles. The van der Waals surface area contributed by atoms with Crippen LogP contribution in [0.2, 0.25) is 0 Å². The van der Waals surface area contributed by atoms with Gasteiger partial charge < -0.3 is 0 Å². The van der Waals surface area contributed by atoms with Gasteiger partial charge in [0.05, 0.1) is 17.6 Å². The molecule has 4 rings (SSSR count). The Kier molecular flexibility index (Phi) is 3.49. The van der Waals surface area contributed by atoms with E-state index in [-0.39, 0.29) is 0 Å². The number of hydrogen-bond acceptors (Lipinski definition) is 1. The first-order valence-electron chi connectivity index (χ1n) is 7.67. The van der Waals surface area contributed by atoms with E-state index in [0.29, 0.717) is 0 Å². The third-order valence-corrected chi connectivity index (χ3v) is 3.93. The molecule has 0 unspecified atom stereocenters. The Hall–Kier alpha value is -3.13. The predicted octanol–water partition coefficient (Wildman–Crippen LogP) is 5.21. The standard InChI is InChI=1S/C21H16N2/c1-3-7-17(8-4-1)18-11-13-19(14-12-18)21-15-16-22-23(21)20-9-5-2-6-10-20/h1-16H. The molecule has 1 aromatic heterocycles. The van der Waals surface area contributed by atoms with Crippen LogP contribution >= 0.6 is 0 Å². The van der Waals surface area contributed by atoms with Crippen molar-refractivity contribution in [2.75, 3.05) is 0 Å². The van der Waals surface area contributed by atoms with Gasteiger partial charge in [0.1, 0.15) is 0 Å². The Labute approximate surface area is 135 Å². The van der Waals surface area contributed by atoms with Gasteiger partial charge in [-0.15, -0.1) is 0 Å². The van der Waals surface area contributed by atoms with Crippen molar-refractivity contribution in [1.29, 1.82) is 0 Å². The fourth-order valence-corrected chi connectivity index (χ4v) is 2.76. The lowest BCUT2D eigenvalue weighted by Crippen LogP contribution is -1.98. The van der Waals surface area contributed by atoms with Gasteiger partial charge in [0.25, 0.3) is 0 Å². The molecule has 0 N–H and O–H groups in total. The normalized spacial score (nSPS) is 10.6. The highest BCUT2D eigenvalue weighted by Gasteiger charge is 2.07. The van der Waals surface area contributed by atoms with Gasteiger partial charge in [0, 0.05) is 5.56 Å². The Morgan fingerprint density at radius 3 is 1.78 bits per heavy atom. The van der Waals surface area contributed by atoms with E-state index in [1.165, 1.54) is 11.1 Å². The van der Waals surface area contributed by atoms with Crippen LogP contribution in [0.4, 0.5) is 0 Å². The second-order valence-electron chi connectivity index (χ2n) is 5.41. The lowest BCUT2D eigenvalue weighted by molar-refractivity contribution is 0.888. The molecule has 0 fully saturated rings. The Morgan fingerprint density at radius 2 is 1.09 bits per heavy atom. The zero-order chi connectivity index (χ0) is 15.5. The average molecular weight is 296 g/mol. The SMILES string of the molecule is c1ccc(-c2ccc(-c3ccnn3-c3ccccc3)cc2)cc1. The summed E-state index contributed by atoms with van der Waals surface area (Å²) in [6.07, 6.45) is 1.84. The highest BCUT2D eigenvalue weighted by molar-refractivity contribution is 5.69. The van der Waals surface area contributed by atoms with Crippen LogP contribution < -0.4 is 0 Å². The molecule has 23 heavy (non-hydrogen) atoms. The van der Waals surface area contributed by atoms with Gasteiger partial charge in [0.2, 0.25) is 0 Å². The number of nitrogens with zero attached hydrogens (tertiary/aromatic N) is 2. The molecule has 0 aliphatic carbocycles. The second-order valence-corrected chi connectivity index (χ2v) is 5.41. The molecule has 0 atom stereocenters. The molecule has 1 heterocycles. The summed E-state index contributed by atoms with van der Waals surface area (Å²) in [5.41, 5.74) is 5.78. The van der Waals surface area contributed by atoms with Crippen LogP contribution in [0.3, 0.4) is 0 Å². The maximum atomic E-state index is 4.46. The number of rotatable bonds is 3. The summed E-state index contributed by atoms with van der Waals surface area (Å²) < 4.78 is 1.97. The van der Waals surface area contributed by atoms with Gasteiger partial charge in [-0.05, 0) is 29.3 Å². The third-order valence-electron chi connectivity index (χ3n) is 3.93. The van der Waals surface area contributed by atoms with Gasteiger partial charge in [-0.3, -0.25) is 0 Å². The van der Waals surface area contributed by atoms with Crippen LogP contribution in [0.1, 0.15) is 0 Å². The van der Waals surface area contributed by atoms with E-state index in [0.717, 1.165) is 16.9 Å². The van der Waals surface area contributed by atoms with Crippen molar-refractivity contribution in [3.8, 4) is 28.1 Å². The summed E-state index contributed by atoms with van der Waals surface area (Å²) in [5, 5.41) is 4.46. The van der Waals surface area contributed by atoms with Crippen LogP contribution in [0.5, 0.6) is 0 Å². The lowest BCUT2D eigenvalue weighted by atomic mass is 10.0. The van der Waals surface area contributed by atoms with E-state index >= 15 is 0 Å². The largest absolute Gasteiger partial charge is 0.233 e. The zero-order valence-electron chi connectivity index (χ0n) is 12.6. The molecule has 0 amide bonds. The smallest absolute Gasteiger partial charge is 0.0740 e. The van der Waals surface area contributed by atoms with E-state index < -0.39 is 0 Å². The summed E-state index contributed by atoms with van der Waals surface area (Å²) in [4.78, 5) is 0. The molecule has 2 heteroatoms. The molecule has 2 nitrogen and oxygen atoms in total. The quantitative estimate of drug-likeness (QED) is 0.507. The summed E-state index contributed by atoms with van der Waals surface area (Å²) in [6, 6.07) is 31.3. The predicted molar refractivity (Wildman–Crippen MR) is 94.4 cm³/mol. The summed E-state index contributed by atoms with van der Waals surface area (Å²) >= 11 is 0. The average Bonchev–Trinajstić information content (AvgIpc) is 3.13. The van der Waals surface area contributed by atoms with Crippen molar-refractivity contribution in [2.24, 2.45) is 0 Å². The van der Waals surface area contributed by atoms with Gasteiger partial charge in [0.15, 0.2) is 0 Å². The van der Waals surface area contributed by atoms with Crippen molar-refractivity contribution in [3.63, 3.8) is 0 Å². The first kappa shape index (κ1) is 13.5. The van der Waals surface area contributed by atoms with Crippen LogP contribution in [-0.2, 0) is 0 Å². The molecule has 0 bridgehead atoms. The monoisotopic (exact) mass is 296 g/mol. The first-order valence-corrected chi connectivity index (χ1v) is 7.67. The van der Waals surface area contributed by atoms with Crippen molar-refractivity contribution in [1.82, 2.24) is 9.78 Å². The minimum absolute atomic E-state index is 1.07. The molecule has 0 spiro atoms. The minimum Gasteiger partial charge on any atom is -0.233 e. The Morgan fingerprint density at radius 1 is 0.522 bits per heavy atom. The molecule has 3 aromatic carbocycles. The van der Waals surface area contributed by atoms with Crippen LogP contribution in [0.25, 0.3) is 28.1 Å². The first-order chi connectivity index (χ1) is 11.4. The second kappa shape index (κ2) is 5.93. The van der Waals surface area contributed by atoms with Crippen LogP contribution in [0.15, 0.2) is 97.2 Å². The van der Waals surface area contributed by atoms with Crippen LogP contribution in [0, 0.1) is 0 Å². The summed E-state index contributed by atoms with van der Waals surface area (Å²) in [5.74, 6) is 0. The number of hydrogen-bond donors (Lipinski definition) is 0. The number of aromatic nitrogens is 2. The van der Waals surface area contributed by atoms with Crippen molar-refractivity contribution >= 4 is 0 Å². The highest BCUT2D eigenvalue weighted by atomic mass is 15.3. The fourth-order valence-electron chi connectivity index (χ4n) is 2.76. The van der Waals surface area contributed by atoms with Crippen molar-refractivity contribution < 1.29 is 0 Å². The zero-order valence-corrected chi connectivity index (χ0v) is 12.6. The summed E-state index contributed by atoms with van der Waals surface area (Å²) in [6.45, 7) is 0. The molecule has 0 radical (unpaired) electrons. The lowest BCUT2D eigenvalue weighted by Gasteiger charge is -2.08. The van der Waals surface area contributed by atoms with E-state index in [9.17, 15) is 0 Å². The van der Waals surface area contributed by atoms with Gasteiger partial charge in [-0.2, -0.15) is 5.10 Å². The van der Waals surface area contributed by atoms with Gasteiger partial charge in [-0.1, -0.05) is 72.8 Å². The number of para-hydroxylation sites is 1. The molecule has 0 aliphatic rings. The van der Waals surface area contributed by atoms with E-state index in [2.05, 4.69) is 65.8 Å². The van der Waals surface area contributed by atoms with Gasteiger partial charge >= 0.3 is 0 Å². The van der Waals surface area contributed by atoms with Crippen LogP contribution in [-0.4, -0.2) is 9.78 Å². The Bertz CT molecular complexity index is 892. The molecular formula is C21H16N2. The fraction of sp³-hybridized carbons (Fsp3) is 0. The Balaban J connectivity index is 1.72. The molecule has 0 saturated heterocycles. The van der Waals surface area contributed by atoms with E-state index in [4.69, 9.17) is 0 Å². The van der Waals surface area contributed by atoms with E-state index in [1.54, 1.807) is 0 Å². The maximum absolute atomic E-state index is 4.46. The molecular weight excluding hydrogens is 280 g/mol. The van der Waals surface area contributed by atoms with E-state index in [1.807, 2.05) is 41.2 Å². The third kappa shape index (κ3) is 2.67. The van der Waals surface area contributed by atoms with Gasteiger partial charge in [-0.25, -0.2) is 4.68 Å². The topological polar surface area (TPSA) is 17.8 Å². The maximum Gasteiger partial charge on any atom is 0.0740 e. The summed E-state index contributed by atoms with van der Waals surface area (Å²) in [7, 11) is 0. The van der Waals surface area contributed by atoms with Crippen molar-refractivity contribution in [2.45, 2.75) is 0 Å². The molecule has 0 aliphatic heterocycles. The molecule has 4 aromatic rings. The number of benzene rings is 3. The minimum atomic E-state index is 1.07. The highest BCUT2D eigenvalue weighted by Crippen LogP contribution is 2.26. The van der Waals surface area contributed by atoms with Crippen molar-refractivity contribution in [3.05, 3.63) is 97.2 Å².